The summed E-state index contributed by atoms with van der Waals surface area (Å²) in [5.41, 5.74) is -0.264. The third-order valence-corrected chi connectivity index (χ3v) is 2.65. The van der Waals surface area contributed by atoms with Gasteiger partial charge in [0.15, 0.2) is 0 Å². The maximum atomic E-state index is 12.0. The lowest BCUT2D eigenvalue weighted by molar-refractivity contribution is -0.130. The maximum absolute atomic E-state index is 12.0. The van der Waals surface area contributed by atoms with E-state index >= 15 is 0 Å². The molecule has 0 aliphatic rings. The molecule has 0 saturated carbocycles. The van der Waals surface area contributed by atoms with Crippen molar-refractivity contribution >= 4 is 18.3 Å². The van der Waals surface area contributed by atoms with E-state index in [9.17, 15) is 4.79 Å². The number of carbonyl (C=O) groups excluding carboxylic acids is 1. The Balaban J connectivity index is 0. The smallest absolute Gasteiger partial charge is 0.225 e. The quantitative estimate of drug-likeness (QED) is 0.742. The van der Waals surface area contributed by atoms with E-state index in [1.54, 1.807) is 0 Å². The average Bonchev–Trinajstić information content (AvgIpc) is 2.12. The molecule has 0 aromatic carbocycles. The standard InChI is InChI=1S/C13H28N2O.ClH/c1-7-14-11(4)9-15-12(16)13(5,6)8-10(2)3;/h10-11,14H,7-9H2,1-6H3,(H,15,16);1H/t11-;/m1./s1. The second-order valence-electron chi connectivity index (χ2n) is 5.65. The van der Waals surface area contributed by atoms with Crippen LogP contribution in [0.15, 0.2) is 0 Å². The van der Waals surface area contributed by atoms with Crippen molar-refractivity contribution in [3.63, 3.8) is 0 Å². The molecular formula is C13H29ClN2O. The molecule has 1 amide bonds. The Morgan fingerprint density at radius 2 is 1.76 bits per heavy atom. The number of amides is 1. The van der Waals surface area contributed by atoms with E-state index in [0.29, 0.717) is 18.5 Å². The SMILES string of the molecule is CCN[C@H](C)CNC(=O)C(C)(C)CC(C)C.Cl. The van der Waals surface area contributed by atoms with Crippen LogP contribution in [0, 0.1) is 11.3 Å². The highest BCUT2D eigenvalue weighted by Crippen LogP contribution is 2.25. The molecule has 0 aromatic heterocycles. The second kappa shape index (κ2) is 8.76. The first-order valence-electron chi connectivity index (χ1n) is 6.31. The van der Waals surface area contributed by atoms with Crippen LogP contribution in [0.4, 0.5) is 0 Å². The van der Waals surface area contributed by atoms with Gasteiger partial charge < -0.3 is 10.6 Å². The summed E-state index contributed by atoms with van der Waals surface area (Å²) >= 11 is 0. The molecule has 17 heavy (non-hydrogen) atoms. The molecule has 0 bridgehead atoms. The molecule has 0 radical (unpaired) electrons. The molecule has 0 aliphatic carbocycles. The summed E-state index contributed by atoms with van der Waals surface area (Å²) in [4.78, 5) is 12.0. The number of rotatable bonds is 7. The van der Waals surface area contributed by atoms with Crippen LogP contribution in [0.3, 0.4) is 0 Å². The fourth-order valence-electron chi connectivity index (χ4n) is 2.02. The summed E-state index contributed by atoms with van der Waals surface area (Å²) < 4.78 is 0. The van der Waals surface area contributed by atoms with Crippen molar-refractivity contribution in [2.75, 3.05) is 13.1 Å². The van der Waals surface area contributed by atoms with Crippen molar-refractivity contribution in [2.24, 2.45) is 11.3 Å². The predicted molar refractivity (Wildman–Crippen MR) is 76.6 cm³/mol. The highest BCUT2D eigenvalue weighted by Gasteiger charge is 2.28. The van der Waals surface area contributed by atoms with E-state index in [1.807, 2.05) is 13.8 Å². The normalized spacial score (nSPS) is 13.1. The third-order valence-electron chi connectivity index (χ3n) is 2.65. The molecule has 0 aromatic rings. The van der Waals surface area contributed by atoms with E-state index in [2.05, 4.69) is 38.3 Å². The van der Waals surface area contributed by atoms with Crippen LogP contribution in [0.2, 0.25) is 0 Å². The Hall–Kier alpha value is -0.280. The van der Waals surface area contributed by atoms with Gasteiger partial charge in [0.25, 0.3) is 0 Å². The Morgan fingerprint density at radius 1 is 1.24 bits per heavy atom. The van der Waals surface area contributed by atoms with E-state index in [-0.39, 0.29) is 23.7 Å². The topological polar surface area (TPSA) is 41.1 Å². The van der Waals surface area contributed by atoms with Crippen molar-refractivity contribution in [1.82, 2.24) is 10.6 Å². The van der Waals surface area contributed by atoms with Gasteiger partial charge in [-0.05, 0) is 25.8 Å². The highest BCUT2D eigenvalue weighted by atomic mass is 35.5. The zero-order valence-corrected chi connectivity index (χ0v) is 12.9. The summed E-state index contributed by atoms with van der Waals surface area (Å²) in [7, 11) is 0. The van der Waals surface area contributed by atoms with Gasteiger partial charge in [0.1, 0.15) is 0 Å². The van der Waals surface area contributed by atoms with Gasteiger partial charge in [-0.25, -0.2) is 0 Å². The second-order valence-corrected chi connectivity index (χ2v) is 5.65. The molecule has 0 heterocycles. The number of nitrogens with one attached hydrogen (secondary N) is 2. The van der Waals surface area contributed by atoms with Gasteiger partial charge in [0.2, 0.25) is 5.91 Å². The van der Waals surface area contributed by atoms with Crippen LogP contribution in [0.1, 0.15) is 48.0 Å². The molecule has 4 heteroatoms. The molecular weight excluding hydrogens is 236 g/mol. The number of carbonyl (C=O) groups is 1. The predicted octanol–water partition coefficient (Wildman–Crippen LogP) is 2.59. The fraction of sp³-hybridized carbons (Fsp3) is 0.923. The summed E-state index contributed by atoms with van der Waals surface area (Å²) in [6.45, 7) is 14.1. The lowest BCUT2D eigenvalue weighted by Gasteiger charge is -2.26. The van der Waals surface area contributed by atoms with Crippen molar-refractivity contribution in [1.29, 1.82) is 0 Å². The monoisotopic (exact) mass is 264 g/mol. The molecule has 3 nitrogen and oxygen atoms in total. The molecule has 0 unspecified atom stereocenters. The zero-order chi connectivity index (χ0) is 12.8. The largest absolute Gasteiger partial charge is 0.354 e. The summed E-state index contributed by atoms with van der Waals surface area (Å²) in [5, 5.41) is 6.29. The minimum atomic E-state index is -0.264. The van der Waals surface area contributed by atoms with Crippen LogP contribution >= 0.6 is 12.4 Å². The van der Waals surface area contributed by atoms with E-state index in [4.69, 9.17) is 0 Å². The van der Waals surface area contributed by atoms with Crippen LogP contribution < -0.4 is 10.6 Å². The van der Waals surface area contributed by atoms with E-state index < -0.39 is 0 Å². The minimum absolute atomic E-state index is 0. The van der Waals surface area contributed by atoms with Gasteiger partial charge in [0.05, 0.1) is 0 Å². The minimum Gasteiger partial charge on any atom is -0.354 e. The highest BCUT2D eigenvalue weighted by molar-refractivity contribution is 5.85. The zero-order valence-electron chi connectivity index (χ0n) is 12.1. The molecule has 104 valence electrons. The fourth-order valence-corrected chi connectivity index (χ4v) is 2.02. The first-order valence-corrected chi connectivity index (χ1v) is 6.31. The van der Waals surface area contributed by atoms with Gasteiger partial charge in [-0.2, -0.15) is 0 Å². The first kappa shape index (κ1) is 19.1. The molecule has 0 aliphatic heterocycles. The summed E-state index contributed by atoms with van der Waals surface area (Å²) in [6, 6.07) is 0.337. The van der Waals surface area contributed by atoms with E-state index in [0.717, 1.165) is 13.0 Å². The molecule has 0 rings (SSSR count). The molecule has 2 N–H and O–H groups in total. The van der Waals surface area contributed by atoms with Gasteiger partial charge in [-0.15, -0.1) is 12.4 Å². The number of halogens is 1. The van der Waals surface area contributed by atoms with Crippen LogP contribution in [0.5, 0.6) is 0 Å². The van der Waals surface area contributed by atoms with Crippen molar-refractivity contribution in [3.8, 4) is 0 Å². The summed E-state index contributed by atoms with van der Waals surface area (Å²) in [5.74, 6) is 0.706. The van der Waals surface area contributed by atoms with Crippen LogP contribution in [0.25, 0.3) is 0 Å². The summed E-state index contributed by atoms with van der Waals surface area (Å²) in [6.07, 6.45) is 0.925. The van der Waals surface area contributed by atoms with Crippen molar-refractivity contribution in [3.05, 3.63) is 0 Å². The Labute approximate surface area is 113 Å². The Bertz CT molecular complexity index is 217. The maximum Gasteiger partial charge on any atom is 0.225 e. The molecule has 0 fully saturated rings. The first-order chi connectivity index (χ1) is 7.29. The number of hydrogen-bond donors (Lipinski definition) is 2. The lowest BCUT2D eigenvalue weighted by atomic mass is 9.83. The van der Waals surface area contributed by atoms with Crippen molar-refractivity contribution in [2.45, 2.75) is 54.0 Å². The van der Waals surface area contributed by atoms with Gasteiger partial charge in [0, 0.05) is 18.0 Å². The van der Waals surface area contributed by atoms with Crippen LogP contribution in [-0.4, -0.2) is 25.0 Å². The number of likely N-dealkylation sites (N-methyl/N-ethyl adjacent to an activating group) is 1. The van der Waals surface area contributed by atoms with Crippen LogP contribution in [-0.2, 0) is 4.79 Å². The third kappa shape index (κ3) is 8.44. The molecule has 1 atom stereocenters. The Morgan fingerprint density at radius 3 is 2.18 bits per heavy atom. The van der Waals surface area contributed by atoms with Crippen molar-refractivity contribution < 1.29 is 4.79 Å². The molecule has 0 spiro atoms. The van der Waals surface area contributed by atoms with Gasteiger partial charge in [-0.1, -0.05) is 34.6 Å². The van der Waals surface area contributed by atoms with Gasteiger partial charge >= 0.3 is 0 Å². The Kier molecular flexibility index (Phi) is 9.82. The lowest BCUT2D eigenvalue weighted by Crippen LogP contribution is -2.44. The van der Waals surface area contributed by atoms with E-state index in [1.165, 1.54) is 0 Å². The number of hydrogen-bond acceptors (Lipinski definition) is 2. The van der Waals surface area contributed by atoms with Gasteiger partial charge in [-0.3, -0.25) is 4.79 Å². The molecule has 0 saturated heterocycles. The average molecular weight is 265 g/mol.